The zero-order valence-electron chi connectivity index (χ0n) is 22.4. The van der Waals surface area contributed by atoms with Crippen LogP contribution in [0.3, 0.4) is 0 Å². The maximum atomic E-state index is 12.7. The van der Waals surface area contributed by atoms with Crippen LogP contribution < -0.4 is 5.32 Å². The number of hydrogen-bond donors (Lipinski definition) is 1. The number of allylic oxidation sites excluding steroid dienone is 4. The molecule has 0 aromatic heterocycles. The summed E-state index contributed by atoms with van der Waals surface area (Å²) in [5, 5.41) is 2.88. The van der Waals surface area contributed by atoms with E-state index < -0.39 is 16.9 Å². The minimum Gasteiger partial charge on any atom is -0.461 e. The van der Waals surface area contributed by atoms with Crippen molar-refractivity contribution in [3.63, 3.8) is 0 Å². The van der Waals surface area contributed by atoms with Crippen LogP contribution >= 0.6 is 0 Å². The average Bonchev–Trinajstić information content (AvgIpc) is 3.06. The number of nitrogens with one attached hydrogen (secondary N) is 1. The first-order chi connectivity index (χ1) is 16.2. The largest absolute Gasteiger partial charge is 0.461 e. The standard InChI is InChI=1S/C29H41NO5/c1-26(2,3)24(32)35-23-11-10-21-20-9-8-18-16-19(31)12-15-29(18,22(20)13-14-28(21,23)7)17-34-25(33)30-27(4,5)6/h8-9,16,22-23H,10-15,17H2,1-7H3,(H,30,33)/t22-,23-,28-,29+/m0/s1. The summed E-state index contributed by atoms with van der Waals surface area (Å²) in [6.07, 6.45) is 10.1. The lowest BCUT2D eigenvalue weighted by atomic mass is 9.54. The van der Waals surface area contributed by atoms with Gasteiger partial charge in [-0.15, -0.1) is 0 Å². The van der Waals surface area contributed by atoms with Crippen LogP contribution in [-0.4, -0.2) is 36.1 Å². The second-order valence-corrected chi connectivity index (χ2v) is 13.1. The maximum absolute atomic E-state index is 12.7. The van der Waals surface area contributed by atoms with Crippen molar-refractivity contribution in [1.29, 1.82) is 0 Å². The molecule has 192 valence electrons. The zero-order chi connectivity index (χ0) is 25.8. The molecule has 6 heteroatoms. The van der Waals surface area contributed by atoms with Gasteiger partial charge in [0, 0.05) is 22.8 Å². The Hall–Kier alpha value is -2.37. The van der Waals surface area contributed by atoms with Gasteiger partial charge in [0.25, 0.3) is 0 Å². The molecule has 4 atom stereocenters. The van der Waals surface area contributed by atoms with Gasteiger partial charge in [0.15, 0.2) is 5.78 Å². The number of carbonyl (C=O) groups excluding carboxylic acids is 3. The van der Waals surface area contributed by atoms with Crippen molar-refractivity contribution in [1.82, 2.24) is 5.32 Å². The van der Waals surface area contributed by atoms with E-state index in [1.165, 1.54) is 11.1 Å². The number of alkyl carbamates (subject to hydrolysis) is 1. The van der Waals surface area contributed by atoms with Crippen LogP contribution in [0.1, 0.15) is 87.0 Å². The number of carbonyl (C=O) groups is 3. The van der Waals surface area contributed by atoms with Crippen molar-refractivity contribution in [3.8, 4) is 0 Å². The minimum absolute atomic E-state index is 0.124. The molecule has 0 bridgehead atoms. The van der Waals surface area contributed by atoms with Gasteiger partial charge in [0.05, 0.1) is 5.41 Å². The van der Waals surface area contributed by atoms with Gasteiger partial charge in [-0.2, -0.15) is 0 Å². The molecule has 1 saturated carbocycles. The van der Waals surface area contributed by atoms with E-state index in [0.29, 0.717) is 12.8 Å². The predicted octanol–water partition coefficient (Wildman–Crippen LogP) is 5.82. The molecule has 0 aromatic carbocycles. The van der Waals surface area contributed by atoms with Crippen LogP contribution in [0.5, 0.6) is 0 Å². The van der Waals surface area contributed by atoms with E-state index in [9.17, 15) is 14.4 Å². The molecule has 4 aliphatic rings. The van der Waals surface area contributed by atoms with Gasteiger partial charge in [-0.3, -0.25) is 9.59 Å². The van der Waals surface area contributed by atoms with Crippen LogP contribution in [0.2, 0.25) is 0 Å². The Bertz CT molecular complexity index is 1020. The van der Waals surface area contributed by atoms with E-state index in [0.717, 1.165) is 31.3 Å². The molecule has 35 heavy (non-hydrogen) atoms. The van der Waals surface area contributed by atoms with Gasteiger partial charge in [-0.25, -0.2) is 4.79 Å². The minimum atomic E-state index is -0.530. The summed E-state index contributed by atoms with van der Waals surface area (Å²) >= 11 is 0. The number of esters is 1. The van der Waals surface area contributed by atoms with Crippen LogP contribution in [0.25, 0.3) is 0 Å². The normalized spacial score (nSPS) is 32.3. The van der Waals surface area contributed by atoms with Gasteiger partial charge in [0.2, 0.25) is 0 Å². The van der Waals surface area contributed by atoms with Crippen molar-refractivity contribution < 1.29 is 23.9 Å². The lowest BCUT2D eigenvalue weighted by molar-refractivity contribution is -0.163. The first kappa shape index (κ1) is 25.7. The Morgan fingerprint density at radius 3 is 2.43 bits per heavy atom. The van der Waals surface area contributed by atoms with Gasteiger partial charge in [0.1, 0.15) is 12.7 Å². The molecular weight excluding hydrogens is 442 g/mol. The zero-order valence-corrected chi connectivity index (χ0v) is 22.4. The van der Waals surface area contributed by atoms with Crippen LogP contribution in [-0.2, 0) is 19.1 Å². The van der Waals surface area contributed by atoms with Gasteiger partial charge < -0.3 is 14.8 Å². The van der Waals surface area contributed by atoms with E-state index in [1.807, 2.05) is 41.5 Å². The number of rotatable bonds is 3. The molecule has 0 aromatic rings. The van der Waals surface area contributed by atoms with Gasteiger partial charge >= 0.3 is 12.1 Å². The van der Waals surface area contributed by atoms with E-state index in [-0.39, 0.29) is 41.3 Å². The van der Waals surface area contributed by atoms with Crippen molar-refractivity contribution in [2.75, 3.05) is 6.61 Å². The molecule has 0 radical (unpaired) electrons. The van der Waals surface area contributed by atoms with Crippen molar-refractivity contribution in [3.05, 3.63) is 34.9 Å². The Balaban J connectivity index is 1.66. The smallest absolute Gasteiger partial charge is 0.407 e. The summed E-state index contributed by atoms with van der Waals surface area (Å²) in [6, 6.07) is 0. The van der Waals surface area contributed by atoms with E-state index in [1.54, 1.807) is 6.08 Å². The van der Waals surface area contributed by atoms with Crippen molar-refractivity contribution >= 4 is 17.8 Å². The highest BCUT2D eigenvalue weighted by Crippen LogP contribution is 2.61. The fourth-order valence-corrected chi connectivity index (χ4v) is 6.40. The summed E-state index contributed by atoms with van der Waals surface area (Å²) in [4.78, 5) is 37.6. The molecule has 1 fully saturated rings. The number of ether oxygens (including phenoxy) is 2. The molecule has 4 rings (SSSR count). The lowest BCUT2D eigenvalue weighted by Gasteiger charge is -2.51. The summed E-state index contributed by atoms with van der Waals surface area (Å²) in [6.45, 7) is 13.9. The molecule has 0 saturated heterocycles. The van der Waals surface area contributed by atoms with Crippen LogP contribution in [0, 0.1) is 22.2 Å². The summed E-state index contributed by atoms with van der Waals surface area (Å²) in [7, 11) is 0. The SMILES string of the molecule is CC(C)(C)NC(=O)OC[C@]12CCC(=O)C=C1C=CC1=C3CC[C@H](OC(=O)C(C)(C)C)[C@@]3(C)CC[C@@H]12. The highest BCUT2D eigenvalue weighted by Gasteiger charge is 2.55. The van der Waals surface area contributed by atoms with Crippen molar-refractivity contribution in [2.45, 2.75) is 98.6 Å². The highest BCUT2D eigenvalue weighted by molar-refractivity contribution is 5.92. The summed E-state index contributed by atoms with van der Waals surface area (Å²) < 4.78 is 11.9. The van der Waals surface area contributed by atoms with Gasteiger partial charge in [-0.1, -0.05) is 24.6 Å². The number of hydrogen-bond acceptors (Lipinski definition) is 5. The monoisotopic (exact) mass is 483 g/mol. The molecule has 1 amide bonds. The molecular formula is C29H41NO5. The van der Waals surface area contributed by atoms with E-state index >= 15 is 0 Å². The maximum Gasteiger partial charge on any atom is 0.407 e. The third-order valence-electron chi connectivity index (χ3n) is 8.35. The Morgan fingerprint density at radius 1 is 1.06 bits per heavy atom. The molecule has 1 N–H and O–H groups in total. The molecule has 0 aliphatic heterocycles. The molecule has 0 unspecified atom stereocenters. The summed E-state index contributed by atoms with van der Waals surface area (Å²) in [5.41, 5.74) is 2.13. The second-order valence-electron chi connectivity index (χ2n) is 13.1. The first-order valence-electron chi connectivity index (χ1n) is 13.0. The Kier molecular flexibility index (Phi) is 6.34. The topological polar surface area (TPSA) is 81.7 Å². The summed E-state index contributed by atoms with van der Waals surface area (Å²) in [5.74, 6) is 0.155. The average molecular weight is 484 g/mol. The third-order valence-corrected chi connectivity index (χ3v) is 8.35. The lowest BCUT2D eigenvalue weighted by Crippen LogP contribution is -2.48. The van der Waals surface area contributed by atoms with Crippen LogP contribution in [0.4, 0.5) is 4.79 Å². The van der Waals surface area contributed by atoms with Gasteiger partial charge in [-0.05, 0) is 96.8 Å². The Morgan fingerprint density at radius 2 is 1.77 bits per heavy atom. The third kappa shape index (κ3) is 4.73. The van der Waals surface area contributed by atoms with Crippen molar-refractivity contribution in [2.24, 2.45) is 22.2 Å². The fourth-order valence-electron chi connectivity index (χ4n) is 6.40. The molecule has 4 aliphatic carbocycles. The van der Waals surface area contributed by atoms with E-state index in [4.69, 9.17) is 9.47 Å². The molecule has 6 nitrogen and oxygen atoms in total. The van der Waals surface area contributed by atoms with E-state index in [2.05, 4.69) is 24.4 Å². The quantitative estimate of drug-likeness (QED) is 0.512. The number of amides is 1. The molecule has 0 spiro atoms. The fraction of sp³-hybridized carbons (Fsp3) is 0.690. The Labute approximate surface area is 209 Å². The predicted molar refractivity (Wildman–Crippen MR) is 135 cm³/mol. The molecule has 0 heterocycles. The highest BCUT2D eigenvalue weighted by atomic mass is 16.6. The first-order valence-corrected chi connectivity index (χ1v) is 13.0. The number of ketones is 1. The number of fused-ring (bicyclic) bond motifs is 4. The second kappa shape index (κ2) is 8.63. The van der Waals surface area contributed by atoms with Crippen LogP contribution in [0.15, 0.2) is 34.9 Å².